The third-order valence-electron chi connectivity index (χ3n) is 3.09. The molecule has 3 rings (SSSR count). The van der Waals surface area contributed by atoms with Gasteiger partial charge in [-0.3, -0.25) is 15.1 Å². The summed E-state index contributed by atoms with van der Waals surface area (Å²) in [5.41, 5.74) is -1.32. The second-order valence-corrected chi connectivity index (χ2v) is 5.62. The van der Waals surface area contributed by atoms with Gasteiger partial charge in [0.05, 0.1) is 22.4 Å². The van der Waals surface area contributed by atoms with E-state index in [0.717, 1.165) is 22.7 Å². The summed E-state index contributed by atoms with van der Waals surface area (Å²) < 4.78 is 44.4. The van der Waals surface area contributed by atoms with Gasteiger partial charge in [0, 0.05) is 6.08 Å². The number of hydrogen-bond donors (Lipinski definition) is 1. The predicted octanol–water partition coefficient (Wildman–Crippen LogP) is 4.35. The Morgan fingerprint density at radius 2 is 1.91 bits per heavy atom. The SMILES string of the molecule is N=C1S/C(=C\c2ccco2)C(=O)N1c1ccccc1C(F)(F)F. The molecule has 0 bridgehead atoms. The van der Waals surface area contributed by atoms with Crippen LogP contribution >= 0.6 is 11.8 Å². The van der Waals surface area contributed by atoms with Gasteiger partial charge < -0.3 is 4.42 Å². The molecular weight excluding hydrogens is 329 g/mol. The van der Waals surface area contributed by atoms with Crippen molar-refractivity contribution < 1.29 is 22.4 Å². The molecule has 0 atom stereocenters. The lowest BCUT2D eigenvalue weighted by Crippen LogP contribution is -2.30. The number of alkyl halides is 3. The Labute approximate surface area is 133 Å². The number of nitrogens with one attached hydrogen (secondary N) is 1. The molecule has 0 saturated carbocycles. The largest absolute Gasteiger partial charge is 0.465 e. The molecule has 2 aromatic rings. The topological polar surface area (TPSA) is 57.3 Å². The second kappa shape index (κ2) is 5.62. The average molecular weight is 338 g/mol. The lowest BCUT2D eigenvalue weighted by atomic mass is 10.1. The predicted molar refractivity (Wildman–Crippen MR) is 80.9 cm³/mol. The molecule has 0 spiro atoms. The number of amidine groups is 1. The fourth-order valence-electron chi connectivity index (χ4n) is 2.12. The molecule has 0 radical (unpaired) electrons. The van der Waals surface area contributed by atoms with Crippen molar-refractivity contribution in [1.82, 2.24) is 0 Å². The van der Waals surface area contributed by atoms with Crippen molar-refractivity contribution in [3.05, 3.63) is 58.9 Å². The van der Waals surface area contributed by atoms with E-state index in [-0.39, 0.29) is 15.8 Å². The number of benzene rings is 1. The van der Waals surface area contributed by atoms with E-state index in [2.05, 4.69) is 0 Å². The van der Waals surface area contributed by atoms with Gasteiger partial charge in [0.1, 0.15) is 5.76 Å². The van der Waals surface area contributed by atoms with Crippen molar-refractivity contribution >= 4 is 34.6 Å². The Bertz CT molecular complexity index is 797. The number of para-hydroxylation sites is 1. The number of rotatable bonds is 2. The molecular formula is C15H9F3N2O2S. The fourth-order valence-corrected chi connectivity index (χ4v) is 2.95. The highest BCUT2D eigenvalue weighted by Crippen LogP contribution is 2.41. The average Bonchev–Trinajstić information content (AvgIpc) is 3.08. The fraction of sp³-hybridized carbons (Fsp3) is 0.0667. The highest BCUT2D eigenvalue weighted by Gasteiger charge is 2.40. The minimum atomic E-state index is -4.62. The summed E-state index contributed by atoms with van der Waals surface area (Å²) in [5, 5.41) is 7.58. The van der Waals surface area contributed by atoms with E-state index in [0.29, 0.717) is 5.76 Å². The zero-order valence-electron chi connectivity index (χ0n) is 11.4. The first kappa shape index (κ1) is 15.4. The molecule has 118 valence electrons. The van der Waals surface area contributed by atoms with Gasteiger partial charge in [0.25, 0.3) is 5.91 Å². The molecule has 1 amide bonds. The second-order valence-electron chi connectivity index (χ2n) is 4.59. The van der Waals surface area contributed by atoms with Crippen LogP contribution in [0.3, 0.4) is 0 Å². The Kier molecular flexibility index (Phi) is 3.77. The first-order valence-corrected chi connectivity index (χ1v) is 7.22. The zero-order valence-corrected chi connectivity index (χ0v) is 12.2. The van der Waals surface area contributed by atoms with Crippen molar-refractivity contribution in [3.8, 4) is 0 Å². The normalized spacial score (nSPS) is 17.3. The van der Waals surface area contributed by atoms with Crippen LogP contribution in [0, 0.1) is 5.41 Å². The third kappa shape index (κ3) is 2.89. The zero-order chi connectivity index (χ0) is 16.6. The number of amides is 1. The van der Waals surface area contributed by atoms with E-state index in [1.807, 2.05) is 0 Å². The summed E-state index contributed by atoms with van der Waals surface area (Å²) in [6, 6.07) is 7.92. The van der Waals surface area contributed by atoms with Gasteiger partial charge in [0.15, 0.2) is 5.17 Å². The summed E-state index contributed by atoms with van der Waals surface area (Å²) in [6.07, 6.45) is -1.80. The maximum absolute atomic E-state index is 13.1. The molecule has 1 fully saturated rings. The number of furan rings is 1. The monoisotopic (exact) mass is 338 g/mol. The van der Waals surface area contributed by atoms with Crippen LogP contribution in [-0.2, 0) is 11.0 Å². The molecule has 1 N–H and O–H groups in total. The molecule has 2 heterocycles. The van der Waals surface area contributed by atoms with E-state index in [9.17, 15) is 18.0 Å². The number of thioether (sulfide) groups is 1. The van der Waals surface area contributed by atoms with Crippen LogP contribution in [0.2, 0.25) is 0 Å². The maximum atomic E-state index is 13.1. The van der Waals surface area contributed by atoms with E-state index < -0.39 is 17.6 Å². The first-order valence-electron chi connectivity index (χ1n) is 6.40. The van der Waals surface area contributed by atoms with Gasteiger partial charge in [-0.05, 0) is 36.0 Å². The quantitative estimate of drug-likeness (QED) is 0.828. The Hall–Kier alpha value is -2.48. The van der Waals surface area contributed by atoms with Gasteiger partial charge in [-0.15, -0.1) is 0 Å². The lowest BCUT2D eigenvalue weighted by Gasteiger charge is -2.19. The van der Waals surface area contributed by atoms with Crippen LogP contribution in [0.25, 0.3) is 6.08 Å². The molecule has 1 aromatic heterocycles. The number of halogens is 3. The summed E-state index contributed by atoms with van der Waals surface area (Å²) in [4.78, 5) is 13.3. The Balaban J connectivity index is 2.02. The van der Waals surface area contributed by atoms with Gasteiger partial charge in [0.2, 0.25) is 0 Å². The van der Waals surface area contributed by atoms with Crippen LogP contribution in [0.4, 0.5) is 18.9 Å². The van der Waals surface area contributed by atoms with Crippen molar-refractivity contribution in [2.24, 2.45) is 0 Å². The van der Waals surface area contributed by atoms with Crippen molar-refractivity contribution in [2.75, 3.05) is 4.90 Å². The van der Waals surface area contributed by atoms with Gasteiger partial charge in [-0.2, -0.15) is 13.2 Å². The van der Waals surface area contributed by atoms with Gasteiger partial charge in [-0.25, -0.2) is 0 Å². The molecule has 1 aliphatic rings. The number of carbonyl (C=O) groups is 1. The van der Waals surface area contributed by atoms with Crippen LogP contribution in [0.5, 0.6) is 0 Å². The number of hydrogen-bond acceptors (Lipinski definition) is 4. The number of anilines is 1. The standard InChI is InChI=1S/C15H9F3N2O2S/c16-15(17,18)10-5-1-2-6-11(10)20-13(21)12(23-14(20)19)8-9-4-3-7-22-9/h1-8,19H/b12-8-,19-14?. The minimum Gasteiger partial charge on any atom is -0.465 e. The molecule has 1 aliphatic heterocycles. The Morgan fingerprint density at radius 3 is 2.57 bits per heavy atom. The third-order valence-corrected chi connectivity index (χ3v) is 3.98. The maximum Gasteiger partial charge on any atom is 0.418 e. The summed E-state index contributed by atoms with van der Waals surface area (Å²) in [5.74, 6) is -0.298. The molecule has 1 saturated heterocycles. The highest BCUT2D eigenvalue weighted by atomic mass is 32.2. The van der Waals surface area contributed by atoms with E-state index in [1.54, 1.807) is 12.1 Å². The van der Waals surface area contributed by atoms with Gasteiger partial charge in [-0.1, -0.05) is 12.1 Å². The lowest BCUT2D eigenvalue weighted by molar-refractivity contribution is -0.137. The molecule has 0 unspecified atom stereocenters. The van der Waals surface area contributed by atoms with Crippen LogP contribution in [0.15, 0.2) is 52.0 Å². The molecule has 1 aromatic carbocycles. The van der Waals surface area contributed by atoms with E-state index in [4.69, 9.17) is 9.83 Å². The first-order chi connectivity index (χ1) is 10.9. The van der Waals surface area contributed by atoms with Crippen molar-refractivity contribution in [3.63, 3.8) is 0 Å². The molecule has 4 nitrogen and oxygen atoms in total. The summed E-state index contributed by atoms with van der Waals surface area (Å²) >= 11 is 0.788. The Morgan fingerprint density at radius 1 is 1.17 bits per heavy atom. The summed E-state index contributed by atoms with van der Waals surface area (Å²) in [7, 11) is 0. The number of carbonyl (C=O) groups excluding carboxylic acids is 1. The van der Waals surface area contributed by atoms with E-state index in [1.165, 1.54) is 30.5 Å². The molecule has 23 heavy (non-hydrogen) atoms. The van der Waals surface area contributed by atoms with E-state index >= 15 is 0 Å². The van der Waals surface area contributed by atoms with Crippen molar-refractivity contribution in [2.45, 2.75) is 6.18 Å². The van der Waals surface area contributed by atoms with Crippen molar-refractivity contribution in [1.29, 1.82) is 5.41 Å². The van der Waals surface area contributed by atoms with Crippen LogP contribution < -0.4 is 4.90 Å². The van der Waals surface area contributed by atoms with Crippen LogP contribution in [-0.4, -0.2) is 11.1 Å². The summed E-state index contributed by atoms with van der Waals surface area (Å²) in [6.45, 7) is 0. The number of nitrogens with zero attached hydrogens (tertiary/aromatic N) is 1. The molecule has 8 heteroatoms. The smallest absolute Gasteiger partial charge is 0.418 e. The highest BCUT2D eigenvalue weighted by molar-refractivity contribution is 8.19. The van der Waals surface area contributed by atoms with Crippen LogP contribution in [0.1, 0.15) is 11.3 Å². The molecule has 0 aliphatic carbocycles. The van der Waals surface area contributed by atoms with Gasteiger partial charge >= 0.3 is 6.18 Å². The minimum absolute atomic E-state index is 0.127.